The third-order valence-corrected chi connectivity index (χ3v) is 1.98. The first kappa shape index (κ1) is 8.00. The summed E-state index contributed by atoms with van der Waals surface area (Å²) in [5, 5.41) is 9.30. The number of aromatic hydroxyl groups is 1. The van der Waals surface area contributed by atoms with Crippen molar-refractivity contribution in [3.63, 3.8) is 0 Å². The molecule has 0 unspecified atom stereocenters. The molecule has 0 radical (unpaired) electrons. The van der Waals surface area contributed by atoms with Crippen LogP contribution in [0.3, 0.4) is 0 Å². The summed E-state index contributed by atoms with van der Waals surface area (Å²) in [7, 11) is 0. The number of phenolic OH excluding ortho intramolecular Hbond substituents is 1. The molecule has 2 rings (SSSR count). The van der Waals surface area contributed by atoms with E-state index in [4.69, 9.17) is 11.6 Å². The molecule has 1 aliphatic heterocycles. The van der Waals surface area contributed by atoms with Crippen LogP contribution in [0.1, 0.15) is 10.4 Å². The largest absolute Gasteiger partial charge is 0.501 e. The van der Waals surface area contributed by atoms with Gasteiger partial charge in [-0.15, -0.1) is 4.84 Å². The minimum absolute atomic E-state index is 0.00194. The zero-order valence-corrected chi connectivity index (χ0v) is 6.91. The van der Waals surface area contributed by atoms with E-state index in [0.717, 1.165) is 0 Å². The van der Waals surface area contributed by atoms with Gasteiger partial charge in [-0.2, -0.15) is 0 Å². The van der Waals surface area contributed by atoms with Gasteiger partial charge in [0.15, 0.2) is 5.56 Å². The van der Waals surface area contributed by atoms with Crippen LogP contribution in [0, 0.1) is 4.91 Å². The van der Waals surface area contributed by atoms with Crippen molar-refractivity contribution in [2.24, 2.45) is 0 Å². The number of nitrogens with zero attached hydrogens (tertiary/aromatic N) is 1. The number of benzene rings is 1. The molecular weight excluding hydrogens is 198 g/mol. The molecule has 66 valence electrons. The second kappa shape index (κ2) is 2.43. The lowest BCUT2D eigenvalue weighted by atomic mass is 10.2. The molecule has 13 heavy (non-hydrogen) atoms. The van der Waals surface area contributed by atoms with Gasteiger partial charge in [-0.25, -0.2) is 4.79 Å². The average Bonchev–Trinajstić information content (AvgIpc) is 2.35. The lowest BCUT2D eigenvalue weighted by Crippen LogP contribution is -1.97. The highest BCUT2D eigenvalue weighted by Gasteiger charge is 2.43. The first-order valence-corrected chi connectivity index (χ1v) is 3.70. The number of rotatable bonds is 0. The van der Waals surface area contributed by atoms with Crippen molar-refractivity contribution in [1.29, 1.82) is 0 Å². The summed E-state index contributed by atoms with van der Waals surface area (Å²) in [6.45, 7) is 0. The van der Waals surface area contributed by atoms with E-state index in [0.29, 0.717) is 0 Å². The molecule has 0 bridgehead atoms. The van der Waals surface area contributed by atoms with Gasteiger partial charge in [-0.05, 0) is 12.1 Å². The Morgan fingerprint density at radius 1 is 1.46 bits per heavy atom. The summed E-state index contributed by atoms with van der Waals surface area (Å²) in [5.74, 6) is -1.24. The van der Waals surface area contributed by atoms with Crippen LogP contribution in [0.15, 0.2) is 12.1 Å². The molecule has 1 aromatic carbocycles. The minimum atomic E-state index is -0.794. The van der Waals surface area contributed by atoms with Crippen molar-refractivity contribution in [3.8, 4) is 5.75 Å². The molecule has 6 heteroatoms. The molecule has 0 fully saturated rings. The third-order valence-electron chi connectivity index (χ3n) is 1.67. The summed E-state index contributed by atoms with van der Waals surface area (Å²) < 4.78 is 0. The van der Waals surface area contributed by atoms with Gasteiger partial charge < -0.3 is 5.11 Å². The molecule has 0 aromatic heterocycles. The fraction of sp³-hybridized carbons (Fsp3) is 0. The molecule has 1 heterocycles. The fourth-order valence-corrected chi connectivity index (χ4v) is 1.23. The highest BCUT2D eigenvalue weighted by molar-refractivity contribution is 6.32. The smallest absolute Gasteiger partial charge is 0.424 e. The maximum Gasteiger partial charge on any atom is 0.424 e. The van der Waals surface area contributed by atoms with Gasteiger partial charge in [0.05, 0.1) is 9.93 Å². The quantitative estimate of drug-likeness (QED) is 0.690. The van der Waals surface area contributed by atoms with Gasteiger partial charge in [-0.3, -0.25) is 0 Å². The molecule has 5 nitrogen and oxygen atoms in total. The predicted octanol–water partition coefficient (Wildman–Crippen LogP) is 1.54. The van der Waals surface area contributed by atoms with Crippen molar-refractivity contribution in [2.75, 3.05) is 0 Å². The lowest BCUT2D eigenvalue weighted by Gasteiger charge is -1.91. The van der Waals surface area contributed by atoms with E-state index in [9.17, 15) is 14.8 Å². The van der Waals surface area contributed by atoms with E-state index in [1.54, 1.807) is 0 Å². The molecule has 1 aromatic rings. The standard InChI is InChI=1S/C7H2ClNO4/c8-4-2-1-3-5(6(4)10)9(12)13-7(3)11/h1-2H/p+1. The lowest BCUT2D eigenvalue weighted by molar-refractivity contribution is -0.706. The topological polar surface area (TPSA) is 66.6 Å². The van der Waals surface area contributed by atoms with Crippen molar-refractivity contribution >= 4 is 23.3 Å². The molecule has 0 amide bonds. The van der Waals surface area contributed by atoms with E-state index in [1.165, 1.54) is 12.1 Å². The van der Waals surface area contributed by atoms with Crippen molar-refractivity contribution in [1.82, 2.24) is 0 Å². The summed E-state index contributed by atoms with van der Waals surface area (Å²) >= 11 is 5.52. The number of phenols is 1. The van der Waals surface area contributed by atoms with Crippen molar-refractivity contribution < 1.29 is 19.7 Å². The van der Waals surface area contributed by atoms with E-state index >= 15 is 0 Å². The van der Waals surface area contributed by atoms with Crippen LogP contribution in [-0.2, 0) is 4.84 Å². The molecule has 0 spiro atoms. The van der Waals surface area contributed by atoms with Crippen LogP contribution < -0.4 is 0 Å². The number of hydrogen-bond donors (Lipinski definition) is 1. The Balaban J connectivity index is 2.78. The van der Waals surface area contributed by atoms with Crippen LogP contribution >= 0.6 is 11.6 Å². The minimum Gasteiger partial charge on any atom is -0.501 e. The monoisotopic (exact) mass is 200 g/mol. The Bertz CT molecular complexity index is 429. The zero-order chi connectivity index (χ0) is 9.59. The number of fused-ring (bicyclic) bond motifs is 1. The summed E-state index contributed by atoms with van der Waals surface area (Å²) in [5.41, 5.74) is -0.227. The molecular formula is C7H3ClNO4+. The van der Waals surface area contributed by atoms with Gasteiger partial charge in [0.25, 0.3) is 4.92 Å². The highest BCUT2D eigenvalue weighted by atomic mass is 35.5. The van der Waals surface area contributed by atoms with Gasteiger partial charge in [-0.1, -0.05) is 11.6 Å². The average molecular weight is 201 g/mol. The van der Waals surface area contributed by atoms with Crippen LogP contribution in [0.4, 0.5) is 5.69 Å². The van der Waals surface area contributed by atoms with Crippen molar-refractivity contribution in [2.45, 2.75) is 0 Å². The fourth-order valence-electron chi connectivity index (χ4n) is 1.07. The summed E-state index contributed by atoms with van der Waals surface area (Å²) in [6.07, 6.45) is 0. The van der Waals surface area contributed by atoms with E-state index in [2.05, 4.69) is 4.84 Å². The number of halogens is 1. The Hall–Kier alpha value is -1.62. The van der Waals surface area contributed by atoms with Crippen LogP contribution in [0.2, 0.25) is 5.02 Å². The van der Waals surface area contributed by atoms with Crippen LogP contribution in [-0.4, -0.2) is 16.0 Å². The van der Waals surface area contributed by atoms with Crippen LogP contribution in [0.25, 0.3) is 0 Å². The third kappa shape index (κ3) is 0.972. The van der Waals surface area contributed by atoms with Gasteiger partial charge >= 0.3 is 11.7 Å². The molecule has 0 aliphatic carbocycles. The second-order valence-corrected chi connectivity index (χ2v) is 2.84. The molecule has 1 aliphatic rings. The van der Waals surface area contributed by atoms with E-state index in [-0.39, 0.29) is 21.2 Å². The Morgan fingerprint density at radius 3 is 2.85 bits per heavy atom. The summed E-state index contributed by atoms with van der Waals surface area (Å²) in [4.78, 5) is 26.0. The normalized spacial score (nSPS) is 14.2. The SMILES string of the molecule is O=C1O[N+](=O)c2c1ccc(Cl)c2O. The van der Waals surface area contributed by atoms with Gasteiger partial charge in [0, 0.05) is 0 Å². The molecule has 0 saturated heterocycles. The van der Waals surface area contributed by atoms with Crippen molar-refractivity contribution in [3.05, 3.63) is 27.6 Å². The molecule has 0 atom stereocenters. The van der Waals surface area contributed by atoms with Gasteiger partial charge in [0.2, 0.25) is 5.75 Å². The van der Waals surface area contributed by atoms with Crippen LogP contribution in [0.5, 0.6) is 5.75 Å². The first-order chi connectivity index (χ1) is 6.11. The second-order valence-electron chi connectivity index (χ2n) is 2.43. The Labute approximate surface area is 77.0 Å². The molecule has 0 saturated carbocycles. The molecule has 1 N–H and O–H groups in total. The highest BCUT2D eigenvalue weighted by Crippen LogP contribution is 2.40. The predicted molar refractivity (Wildman–Crippen MR) is 41.8 cm³/mol. The maximum absolute atomic E-state index is 10.9. The Morgan fingerprint density at radius 2 is 2.15 bits per heavy atom. The van der Waals surface area contributed by atoms with Gasteiger partial charge in [0.1, 0.15) is 0 Å². The Kier molecular flexibility index (Phi) is 1.50. The number of carbonyl (C=O) groups excluding carboxylic acids is 1. The number of hydrogen-bond acceptors (Lipinski definition) is 4. The zero-order valence-electron chi connectivity index (χ0n) is 6.15. The maximum atomic E-state index is 10.9. The summed E-state index contributed by atoms with van der Waals surface area (Å²) in [6, 6.07) is 2.63. The first-order valence-electron chi connectivity index (χ1n) is 3.32. The van der Waals surface area contributed by atoms with E-state index < -0.39 is 11.7 Å². The van der Waals surface area contributed by atoms with E-state index in [1.807, 2.05) is 0 Å². The number of carbonyl (C=O) groups is 1.